The van der Waals surface area contributed by atoms with Gasteiger partial charge in [-0.15, -0.1) is 0 Å². The molecule has 0 saturated carbocycles. The molecule has 1 atom stereocenters. The maximum atomic E-state index is 12.9. The van der Waals surface area contributed by atoms with E-state index in [0.29, 0.717) is 10.9 Å². The molecule has 114 valence electrons. The zero-order chi connectivity index (χ0) is 15.9. The Balaban J connectivity index is 2.10. The second kappa shape index (κ2) is 5.49. The molecule has 7 heteroatoms. The third-order valence-electron chi connectivity index (χ3n) is 3.38. The van der Waals surface area contributed by atoms with Crippen LogP contribution in [-0.4, -0.2) is 18.5 Å². The van der Waals surface area contributed by atoms with Crippen LogP contribution in [0.25, 0.3) is 10.9 Å². The van der Waals surface area contributed by atoms with E-state index in [-0.39, 0.29) is 10.5 Å². The Morgan fingerprint density at radius 2 is 1.82 bits per heavy atom. The van der Waals surface area contributed by atoms with E-state index in [4.69, 9.17) is 0 Å². The summed E-state index contributed by atoms with van der Waals surface area (Å²) < 4.78 is 38.6. The monoisotopic (exact) mass is 383 g/mol. The van der Waals surface area contributed by atoms with E-state index in [1.54, 1.807) is 12.1 Å². The third kappa shape index (κ3) is 2.55. The van der Waals surface area contributed by atoms with Crippen LogP contribution >= 0.6 is 15.9 Å². The lowest BCUT2D eigenvalue weighted by Crippen LogP contribution is -2.13. The van der Waals surface area contributed by atoms with Gasteiger partial charge in [0.2, 0.25) is 9.84 Å². The summed E-state index contributed by atoms with van der Waals surface area (Å²) in [5.41, 5.74) is -0.770. The van der Waals surface area contributed by atoms with Gasteiger partial charge in [-0.2, -0.15) is 0 Å². The molecule has 0 bridgehead atoms. The number of aromatic nitrogens is 1. The number of sulfone groups is 1. The molecular formula is C15H11BrFNO3S. The Morgan fingerprint density at radius 3 is 2.50 bits per heavy atom. The Hall–Kier alpha value is -1.70. The van der Waals surface area contributed by atoms with Crippen molar-refractivity contribution in [1.29, 1.82) is 0 Å². The number of benzene rings is 2. The molecule has 2 N–H and O–H groups in total. The smallest absolute Gasteiger partial charge is 0.209 e. The summed E-state index contributed by atoms with van der Waals surface area (Å²) in [7, 11) is -4.03. The van der Waals surface area contributed by atoms with E-state index in [0.717, 1.165) is 28.7 Å². The Bertz CT molecular complexity index is 935. The van der Waals surface area contributed by atoms with Gasteiger partial charge in [0.05, 0.1) is 4.90 Å². The highest BCUT2D eigenvalue weighted by Crippen LogP contribution is 2.32. The molecule has 0 saturated heterocycles. The average Bonchev–Trinajstić information content (AvgIpc) is 2.89. The lowest BCUT2D eigenvalue weighted by Gasteiger charge is -2.11. The summed E-state index contributed by atoms with van der Waals surface area (Å²) in [6.45, 7) is 0. The van der Waals surface area contributed by atoms with E-state index in [1.165, 1.54) is 6.20 Å². The van der Waals surface area contributed by atoms with Gasteiger partial charge in [-0.3, -0.25) is 0 Å². The lowest BCUT2D eigenvalue weighted by atomic mass is 10.2. The van der Waals surface area contributed by atoms with Crippen LogP contribution in [0.15, 0.2) is 58.0 Å². The van der Waals surface area contributed by atoms with E-state index in [9.17, 15) is 17.9 Å². The number of rotatable bonds is 3. The number of hydrogen-bond acceptors (Lipinski definition) is 3. The number of aliphatic hydroxyl groups is 1. The molecule has 0 spiro atoms. The maximum absolute atomic E-state index is 12.9. The molecule has 0 aliphatic heterocycles. The van der Waals surface area contributed by atoms with Gasteiger partial charge in [0, 0.05) is 27.1 Å². The Labute approximate surface area is 134 Å². The zero-order valence-corrected chi connectivity index (χ0v) is 13.5. The van der Waals surface area contributed by atoms with E-state index in [1.807, 2.05) is 6.07 Å². The molecule has 2 aromatic carbocycles. The summed E-state index contributed by atoms with van der Waals surface area (Å²) >= 11 is 3.32. The van der Waals surface area contributed by atoms with Crippen molar-refractivity contribution in [1.82, 2.24) is 4.98 Å². The summed E-state index contributed by atoms with van der Waals surface area (Å²) in [5, 5.41) is 10.9. The first-order chi connectivity index (χ1) is 10.4. The fourth-order valence-corrected chi connectivity index (χ4v) is 3.90. The van der Waals surface area contributed by atoms with Crippen LogP contribution in [0.1, 0.15) is 11.0 Å². The summed E-state index contributed by atoms with van der Waals surface area (Å²) in [4.78, 5) is 2.79. The van der Waals surface area contributed by atoms with Crippen molar-refractivity contribution in [3.05, 3.63) is 64.5 Å². The van der Waals surface area contributed by atoms with Crippen LogP contribution < -0.4 is 0 Å². The highest BCUT2D eigenvalue weighted by atomic mass is 79.9. The first-order valence-electron chi connectivity index (χ1n) is 6.33. The molecule has 4 nitrogen and oxygen atoms in total. The molecule has 0 aliphatic carbocycles. The van der Waals surface area contributed by atoms with Crippen LogP contribution in [0, 0.1) is 5.82 Å². The molecule has 0 amide bonds. The van der Waals surface area contributed by atoms with Gasteiger partial charge in [0.15, 0.2) is 5.44 Å². The summed E-state index contributed by atoms with van der Waals surface area (Å²) in [6, 6.07) is 9.68. The number of nitrogens with one attached hydrogen (secondary N) is 1. The van der Waals surface area contributed by atoms with Crippen LogP contribution in [0.5, 0.6) is 0 Å². The molecular weight excluding hydrogens is 373 g/mol. The van der Waals surface area contributed by atoms with Crippen LogP contribution in [0.2, 0.25) is 0 Å². The largest absolute Gasteiger partial charge is 0.373 e. The molecule has 0 aliphatic rings. The van der Waals surface area contributed by atoms with Gasteiger partial charge in [0.1, 0.15) is 5.82 Å². The highest BCUT2D eigenvalue weighted by molar-refractivity contribution is 9.10. The molecule has 22 heavy (non-hydrogen) atoms. The van der Waals surface area contributed by atoms with Crippen LogP contribution in [0.3, 0.4) is 0 Å². The van der Waals surface area contributed by atoms with Crippen molar-refractivity contribution < 1.29 is 17.9 Å². The number of H-pyrrole nitrogens is 1. The number of aromatic amines is 1. The average molecular weight is 384 g/mol. The second-order valence-electron chi connectivity index (χ2n) is 4.79. The summed E-state index contributed by atoms with van der Waals surface area (Å²) in [6.07, 6.45) is 1.46. The minimum atomic E-state index is -4.03. The molecule has 3 rings (SSSR count). The van der Waals surface area contributed by atoms with Crippen molar-refractivity contribution >= 4 is 36.7 Å². The topological polar surface area (TPSA) is 70.2 Å². The van der Waals surface area contributed by atoms with Gasteiger partial charge in [0.25, 0.3) is 0 Å². The standard InChI is InChI=1S/C15H11BrFNO3S/c16-9-1-6-14-12(7-9)13(8-18-14)15(19)22(20,21)11-4-2-10(17)3-5-11/h1-8,15,18-19H. The molecule has 1 aromatic heterocycles. The number of aliphatic hydroxyl groups excluding tert-OH is 1. The number of fused-ring (bicyclic) bond motifs is 1. The van der Waals surface area contributed by atoms with Gasteiger partial charge in [-0.05, 0) is 42.5 Å². The van der Waals surface area contributed by atoms with Crippen LogP contribution in [0.4, 0.5) is 4.39 Å². The SMILES string of the molecule is O=S(=O)(c1ccc(F)cc1)C(O)c1c[nH]c2ccc(Br)cc12. The predicted molar refractivity (Wildman–Crippen MR) is 84.5 cm³/mol. The fourth-order valence-electron chi connectivity index (χ4n) is 2.24. The van der Waals surface area contributed by atoms with E-state index in [2.05, 4.69) is 20.9 Å². The Kier molecular flexibility index (Phi) is 3.80. The highest BCUT2D eigenvalue weighted by Gasteiger charge is 2.29. The van der Waals surface area contributed by atoms with E-state index >= 15 is 0 Å². The minimum absolute atomic E-state index is 0.134. The lowest BCUT2D eigenvalue weighted by molar-refractivity contribution is 0.256. The predicted octanol–water partition coefficient (Wildman–Crippen LogP) is 3.53. The molecule has 0 fully saturated rings. The van der Waals surface area contributed by atoms with Crippen molar-refractivity contribution in [3.63, 3.8) is 0 Å². The summed E-state index contributed by atoms with van der Waals surface area (Å²) in [5.74, 6) is -0.538. The van der Waals surface area contributed by atoms with Crippen molar-refractivity contribution in [2.75, 3.05) is 0 Å². The number of hydrogen-bond donors (Lipinski definition) is 2. The van der Waals surface area contributed by atoms with Gasteiger partial charge in [-0.1, -0.05) is 15.9 Å². The molecule has 1 heterocycles. The van der Waals surface area contributed by atoms with Gasteiger partial charge < -0.3 is 10.1 Å². The minimum Gasteiger partial charge on any atom is -0.373 e. The van der Waals surface area contributed by atoms with E-state index < -0.39 is 21.1 Å². The fraction of sp³-hybridized carbons (Fsp3) is 0.0667. The number of halogens is 2. The van der Waals surface area contributed by atoms with Crippen molar-refractivity contribution in [3.8, 4) is 0 Å². The van der Waals surface area contributed by atoms with Gasteiger partial charge >= 0.3 is 0 Å². The van der Waals surface area contributed by atoms with Crippen LogP contribution in [-0.2, 0) is 9.84 Å². The zero-order valence-electron chi connectivity index (χ0n) is 11.1. The normalized spacial score (nSPS) is 13.4. The maximum Gasteiger partial charge on any atom is 0.209 e. The van der Waals surface area contributed by atoms with Gasteiger partial charge in [-0.25, -0.2) is 12.8 Å². The van der Waals surface area contributed by atoms with Crippen molar-refractivity contribution in [2.24, 2.45) is 0 Å². The first kappa shape index (κ1) is 15.2. The quantitative estimate of drug-likeness (QED) is 0.679. The Morgan fingerprint density at radius 1 is 1.14 bits per heavy atom. The first-order valence-corrected chi connectivity index (χ1v) is 8.67. The molecule has 0 radical (unpaired) electrons. The molecule has 3 aromatic rings. The second-order valence-corrected chi connectivity index (χ2v) is 7.71. The van der Waals surface area contributed by atoms with Crippen molar-refractivity contribution in [2.45, 2.75) is 10.3 Å². The third-order valence-corrected chi connectivity index (χ3v) is 5.64. The molecule has 1 unspecified atom stereocenters.